The zero-order valence-corrected chi connectivity index (χ0v) is 15.3. The van der Waals surface area contributed by atoms with Gasteiger partial charge in [-0.15, -0.1) is 0 Å². The summed E-state index contributed by atoms with van der Waals surface area (Å²) in [6, 6.07) is 15.9. The van der Waals surface area contributed by atoms with Gasteiger partial charge in [0.25, 0.3) is 0 Å². The largest absolute Gasteiger partial charge is 0.486 e. The highest BCUT2D eigenvalue weighted by atomic mass is 16.6. The van der Waals surface area contributed by atoms with Crippen LogP contribution in [0.3, 0.4) is 0 Å². The third kappa shape index (κ3) is 4.07. The number of likely N-dealkylation sites (tertiary alicyclic amines) is 1. The van der Waals surface area contributed by atoms with E-state index < -0.39 is 0 Å². The van der Waals surface area contributed by atoms with Gasteiger partial charge in [0, 0.05) is 30.8 Å². The summed E-state index contributed by atoms with van der Waals surface area (Å²) in [5.74, 6) is 2.10. The highest BCUT2D eigenvalue weighted by Crippen LogP contribution is 2.33. The van der Waals surface area contributed by atoms with Gasteiger partial charge in [0.2, 0.25) is 5.91 Å². The molecule has 1 fully saturated rings. The van der Waals surface area contributed by atoms with Gasteiger partial charge in [-0.05, 0) is 30.2 Å². The molecule has 0 bridgehead atoms. The van der Waals surface area contributed by atoms with Gasteiger partial charge < -0.3 is 20.5 Å². The predicted molar refractivity (Wildman–Crippen MR) is 104 cm³/mol. The molecule has 0 saturated carbocycles. The number of rotatable bonds is 5. The van der Waals surface area contributed by atoms with Crippen LogP contribution in [0, 0.1) is 5.92 Å². The Labute approximate surface area is 159 Å². The Hall–Kier alpha value is -2.57. The molecule has 0 unspecified atom stereocenters. The van der Waals surface area contributed by atoms with Crippen LogP contribution in [0.2, 0.25) is 0 Å². The van der Waals surface area contributed by atoms with E-state index in [1.54, 1.807) is 0 Å². The van der Waals surface area contributed by atoms with Gasteiger partial charge in [-0.1, -0.05) is 30.3 Å². The number of amides is 1. The number of ether oxygens (including phenoxy) is 2. The van der Waals surface area contributed by atoms with Gasteiger partial charge in [0.1, 0.15) is 13.2 Å². The number of nitrogens with one attached hydrogen (secondary N) is 1. The summed E-state index contributed by atoms with van der Waals surface area (Å²) in [7, 11) is 0. The number of fused-ring (bicyclic) bond motifs is 1. The Morgan fingerprint density at radius 3 is 2.63 bits per heavy atom. The smallest absolute Gasteiger partial charge is 0.238 e. The normalized spacial score (nSPS) is 21.8. The van der Waals surface area contributed by atoms with Crippen molar-refractivity contribution in [1.29, 1.82) is 0 Å². The molecule has 2 aliphatic heterocycles. The van der Waals surface area contributed by atoms with Gasteiger partial charge in [-0.2, -0.15) is 0 Å². The lowest BCUT2D eigenvalue weighted by molar-refractivity contribution is -0.117. The highest BCUT2D eigenvalue weighted by Gasteiger charge is 2.33. The molecule has 142 valence electrons. The average molecular weight is 367 g/mol. The first-order valence-corrected chi connectivity index (χ1v) is 9.40. The molecule has 1 amide bonds. The van der Waals surface area contributed by atoms with Gasteiger partial charge >= 0.3 is 0 Å². The summed E-state index contributed by atoms with van der Waals surface area (Å²) in [5, 5.41) is 2.96. The molecule has 2 atom stereocenters. The van der Waals surface area contributed by atoms with E-state index in [1.807, 2.05) is 24.3 Å². The third-order valence-electron chi connectivity index (χ3n) is 5.24. The molecule has 6 nitrogen and oxygen atoms in total. The summed E-state index contributed by atoms with van der Waals surface area (Å²) in [4.78, 5) is 14.7. The van der Waals surface area contributed by atoms with Crippen molar-refractivity contribution in [3.8, 4) is 11.5 Å². The van der Waals surface area contributed by atoms with Crippen molar-refractivity contribution in [2.24, 2.45) is 11.7 Å². The maximum absolute atomic E-state index is 12.5. The molecule has 4 rings (SSSR count). The van der Waals surface area contributed by atoms with E-state index in [0.717, 1.165) is 24.5 Å². The Kier molecular flexibility index (Phi) is 5.27. The number of hydrogen-bond donors (Lipinski definition) is 2. The first-order valence-electron chi connectivity index (χ1n) is 9.40. The third-order valence-corrected chi connectivity index (χ3v) is 5.24. The Bertz CT molecular complexity index is 797. The zero-order chi connectivity index (χ0) is 18.6. The summed E-state index contributed by atoms with van der Waals surface area (Å²) < 4.78 is 11.1. The van der Waals surface area contributed by atoms with Crippen LogP contribution >= 0.6 is 0 Å². The Morgan fingerprint density at radius 1 is 1.07 bits per heavy atom. The summed E-state index contributed by atoms with van der Waals surface area (Å²) in [6.07, 6.45) is 0. The highest BCUT2D eigenvalue weighted by molar-refractivity contribution is 5.92. The number of nitrogens with zero attached hydrogens (tertiary/aromatic N) is 1. The molecule has 6 heteroatoms. The van der Waals surface area contributed by atoms with Gasteiger partial charge in [0.15, 0.2) is 11.5 Å². The van der Waals surface area contributed by atoms with Crippen LogP contribution in [0.15, 0.2) is 48.5 Å². The van der Waals surface area contributed by atoms with Crippen LogP contribution in [-0.2, 0) is 4.79 Å². The molecule has 2 aromatic carbocycles. The summed E-state index contributed by atoms with van der Waals surface area (Å²) in [6.45, 7) is 3.75. The fraction of sp³-hybridized carbons (Fsp3) is 0.381. The van der Waals surface area contributed by atoms with E-state index in [1.165, 1.54) is 5.56 Å². The number of anilines is 1. The number of benzene rings is 2. The van der Waals surface area contributed by atoms with Crippen LogP contribution in [0.4, 0.5) is 5.69 Å². The zero-order valence-electron chi connectivity index (χ0n) is 15.3. The minimum atomic E-state index is -0.0313. The van der Waals surface area contributed by atoms with Crippen molar-refractivity contribution >= 4 is 11.6 Å². The van der Waals surface area contributed by atoms with Crippen LogP contribution < -0.4 is 20.5 Å². The van der Waals surface area contributed by atoms with Crippen LogP contribution in [0.25, 0.3) is 0 Å². The van der Waals surface area contributed by atoms with Crippen molar-refractivity contribution in [2.45, 2.75) is 5.92 Å². The van der Waals surface area contributed by atoms with Gasteiger partial charge in [-0.25, -0.2) is 0 Å². The molecule has 1 saturated heterocycles. The molecule has 0 spiro atoms. The van der Waals surface area contributed by atoms with E-state index in [0.29, 0.717) is 43.9 Å². The van der Waals surface area contributed by atoms with Gasteiger partial charge in [-0.3, -0.25) is 9.69 Å². The molecule has 0 aromatic heterocycles. The molecule has 27 heavy (non-hydrogen) atoms. The Balaban J connectivity index is 1.37. The minimum absolute atomic E-state index is 0.0313. The van der Waals surface area contributed by atoms with Gasteiger partial charge in [0.05, 0.1) is 6.54 Å². The lowest BCUT2D eigenvalue weighted by Crippen LogP contribution is -2.32. The molecule has 3 N–H and O–H groups in total. The lowest BCUT2D eigenvalue weighted by atomic mass is 9.89. The predicted octanol–water partition coefficient (Wildman–Crippen LogP) is 2.07. The van der Waals surface area contributed by atoms with E-state index >= 15 is 0 Å². The second-order valence-corrected chi connectivity index (χ2v) is 7.11. The van der Waals surface area contributed by atoms with E-state index in [-0.39, 0.29) is 5.91 Å². The van der Waals surface area contributed by atoms with E-state index in [4.69, 9.17) is 15.2 Å². The minimum Gasteiger partial charge on any atom is -0.486 e. The van der Waals surface area contributed by atoms with Crippen LogP contribution in [-0.4, -0.2) is 50.2 Å². The van der Waals surface area contributed by atoms with Crippen molar-refractivity contribution < 1.29 is 14.3 Å². The maximum atomic E-state index is 12.5. The molecular weight excluding hydrogens is 342 g/mol. The van der Waals surface area contributed by atoms with Crippen molar-refractivity contribution in [3.63, 3.8) is 0 Å². The number of carbonyl (C=O) groups is 1. The average Bonchev–Trinajstić information content (AvgIpc) is 3.11. The Morgan fingerprint density at radius 2 is 1.85 bits per heavy atom. The second-order valence-electron chi connectivity index (χ2n) is 7.11. The summed E-state index contributed by atoms with van der Waals surface area (Å²) in [5.41, 5.74) is 8.00. The molecule has 2 heterocycles. The first kappa shape index (κ1) is 17.8. The molecule has 2 aromatic rings. The topological polar surface area (TPSA) is 76.8 Å². The van der Waals surface area contributed by atoms with E-state index in [2.05, 4.69) is 34.5 Å². The lowest BCUT2D eigenvalue weighted by Gasteiger charge is -2.19. The monoisotopic (exact) mass is 367 g/mol. The quantitative estimate of drug-likeness (QED) is 0.846. The fourth-order valence-electron chi connectivity index (χ4n) is 3.93. The van der Waals surface area contributed by atoms with Crippen LogP contribution in [0.5, 0.6) is 11.5 Å². The molecule has 0 radical (unpaired) electrons. The van der Waals surface area contributed by atoms with Crippen molar-refractivity contribution in [3.05, 3.63) is 54.1 Å². The molecular formula is C21H25N3O3. The maximum Gasteiger partial charge on any atom is 0.238 e. The number of nitrogens with two attached hydrogens (primary N) is 1. The number of hydrogen-bond acceptors (Lipinski definition) is 5. The number of carbonyl (C=O) groups excluding carboxylic acids is 1. The first-order chi connectivity index (χ1) is 13.2. The summed E-state index contributed by atoms with van der Waals surface area (Å²) >= 11 is 0. The molecule has 2 aliphatic rings. The second kappa shape index (κ2) is 7.98. The van der Waals surface area contributed by atoms with Crippen molar-refractivity contribution in [1.82, 2.24) is 4.90 Å². The van der Waals surface area contributed by atoms with Crippen molar-refractivity contribution in [2.75, 3.05) is 44.7 Å². The standard InChI is InChI=1S/C21H25N3O3/c22-11-16-12-24(13-18(16)15-4-2-1-3-5-15)14-21(25)23-17-6-7-19-20(10-17)27-9-8-26-19/h1-7,10,16,18H,8-9,11-14,22H2,(H,23,25)/t16-,18+/m1/s1. The molecule has 0 aliphatic carbocycles. The van der Waals surface area contributed by atoms with Crippen LogP contribution in [0.1, 0.15) is 11.5 Å². The fourth-order valence-corrected chi connectivity index (χ4v) is 3.93. The van der Waals surface area contributed by atoms with E-state index in [9.17, 15) is 4.79 Å². The SMILES string of the molecule is NC[C@@H]1CN(CC(=O)Nc2ccc3c(c2)OCCO3)C[C@H]1c1ccccc1.